The Labute approximate surface area is 134 Å². The van der Waals surface area contributed by atoms with E-state index in [1.54, 1.807) is 7.11 Å². The van der Waals surface area contributed by atoms with Gasteiger partial charge in [0.2, 0.25) is 5.91 Å². The van der Waals surface area contributed by atoms with Crippen LogP contribution in [0.3, 0.4) is 0 Å². The van der Waals surface area contributed by atoms with E-state index in [2.05, 4.69) is 42.7 Å². The lowest BCUT2D eigenvalue weighted by atomic mass is 10.0. The Morgan fingerprint density at radius 2 is 1.86 bits per heavy atom. The molecule has 1 aromatic carbocycles. The summed E-state index contributed by atoms with van der Waals surface area (Å²) in [5.41, 5.74) is 3.79. The quantitative estimate of drug-likeness (QED) is 0.722. The van der Waals surface area contributed by atoms with Crippen molar-refractivity contribution >= 4 is 18.3 Å². The van der Waals surface area contributed by atoms with Crippen LogP contribution in [0.4, 0.5) is 0 Å². The molecule has 0 fully saturated rings. The average molecular weight is 315 g/mol. The van der Waals surface area contributed by atoms with Crippen molar-refractivity contribution in [2.75, 3.05) is 26.8 Å². The summed E-state index contributed by atoms with van der Waals surface area (Å²) in [6, 6.07) is 6.64. The molecule has 21 heavy (non-hydrogen) atoms. The average Bonchev–Trinajstić information content (AvgIpc) is 2.33. The second-order valence-electron chi connectivity index (χ2n) is 5.34. The molecule has 0 aliphatic carbocycles. The maximum Gasteiger partial charge on any atom is 0.234 e. The molecule has 5 heteroatoms. The number of ether oxygens (including phenoxy) is 1. The number of halogens is 1. The maximum atomic E-state index is 11.7. The minimum atomic E-state index is 0. The Kier molecular flexibility index (Phi) is 10.0. The number of rotatable bonds is 8. The largest absolute Gasteiger partial charge is 0.383 e. The van der Waals surface area contributed by atoms with Gasteiger partial charge < -0.3 is 15.4 Å². The Hall–Kier alpha value is -1.10. The molecule has 0 aromatic heterocycles. The smallest absolute Gasteiger partial charge is 0.234 e. The molecule has 1 atom stereocenters. The van der Waals surface area contributed by atoms with Gasteiger partial charge in [0.25, 0.3) is 0 Å². The lowest BCUT2D eigenvalue weighted by Gasteiger charge is -2.15. The summed E-state index contributed by atoms with van der Waals surface area (Å²) in [7, 11) is 1.65. The van der Waals surface area contributed by atoms with Gasteiger partial charge in [-0.1, -0.05) is 29.3 Å². The first kappa shape index (κ1) is 19.9. The Bertz CT molecular complexity index is 418. The van der Waals surface area contributed by atoms with Crippen molar-refractivity contribution in [3.05, 3.63) is 34.9 Å². The van der Waals surface area contributed by atoms with Gasteiger partial charge in [0, 0.05) is 19.7 Å². The SMILES string of the molecule is COCCNCC(=O)NC(C)Cc1cc(C)cc(C)c1.Cl. The highest BCUT2D eigenvalue weighted by molar-refractivity contribution is 5.85. The van der Waals surface area contributed by atoms with E-state index in [1.807, 2.05) is 6.92 Å². The molecular formula is C16H27ClN2O2. The number of amides is 1. The van der Waals surface area contributed by atoms with E-state index in [0.717, 1.165) is 6.42 Å². The number of carbonyl (C=O) groups excluding carboxylic acids is 1. The zero-order valence-corrected chi connectivity index (χ0v) is 14.2. The molecule has 0 spiro atoms. The Balaban J connectivity index is 0.00000400. The van der Waals surface area contributed by atoms with Crippen LogP contribution in [0.25, 0.3) is 0 Å². The van der Waals surface area contributed by atoms with Crippen molar-refractivity contribution in [1.29, 1.82) is 0 Å². The van der Waals surface area contributed by atoms with Crippen molar-refractivity contribution in [3.63, 3.8) is 0 Å². The summed E-state index contributed by atoms with van der Waals surface area (Å²) in [4.78, 5) is 11.7. The van der Waals surface area contributed by atoms with E-state index in [0.29, 0.717) is 19.7 Å². The van der Waals surface area contributed by atoms with Gasteiger partial charge in [0.15, 0.2) is 0 Å². The molecule has 0 saturated heterocycles. The first-order valence-corrected chi connectivity index (χ1v) is 7.07. The van der Waals surface area contributed by atoms with Crippen LogP contribution in [0, 0.1) is 13.8 Å². The van der Waals surface area contributed by atoms with E-state index in [9.17, 15) is 4.79 Å². The lowest BCUT2D eigenvalue weighted by Crippen LogP contribution is -2.40. The van der Waals surface area contributed by atoms with Crippen LogP contribution in [-0.4, -0.2) is 38.8 Å². The summed E-state index contributed by atoms with van der Waals surface area (Å²) < 4.78 is 4.91. The van der Waals surface area contributed by atoms with Crippen molar-refractivity contribution < 1.29 is 9.53 Å². The van der Waals surface area contributed by atoms with Crippen molar-refractivity contribution in [3.8, 4) is 0 Å². The predicted molar refractivity (Wildman–Crippen MR) is 89.2 cm³/mol. The van der Waals surface area contributed by atoms with Crippen LogP contribution in [0.1, 0.15) is 23.6 Å². The number of hydrogen-bond donors (Lipinski definition) is 2. The van der Waals surface area contributed by atoms with Crippen LogP contribution in [-0.2, 0) is 16.0 Å². The zero-order valence-electron chi connectivity index (χ0n) is 13.4. The molecular weight excluding hydrogens is 288 g/mol. The fraction of sp³-hybridized carbons (Fsp3) is 0.562. The molecule has 1 amide bonds. The van der Waals surface area contributed by atoms with Gasteiger partial charge in [-0.15, -0.1) is 12.4 Å². The van der Waals surface area contributed by atoms with Crippen molar-refractivity contribution in [1.82, 2.24) is 10.6 Å². The fourth-order valence-corrected chi connectivity index (χ4v) is 2.29. The molecule has 0 radical (unpaired) electrons. The van der Waals surface area contributed by atoms with E-state index in [4.69, 9.17) is 4.74 Å². The number of hydrogen-bond acceptors (Lipinski definition) is 3. The van der Waals surface area contributed by atoms with E-state index in [1.165, 1.54) is 16.7 Å². The van der Waals surface area contributed by atoms with Gasteiger partial charge in [-0.2, -0.15) is 0 Å². The number of benzene rings is 1. The van der Waals surface area contributed by atoms with Crippen LogP contribution >= 0.6 is 12.4 Å². The minimum absolute atomic E-state index is 0. The fourth-order valence-electron chi connectivity index (χ4n) is 2.29. The van der Waals surface area contributed by atoms with E-state index in [-0.39, 0.29) is 24.4 Å². The summed E-state index contributed by atoms with van der Waals surface area (Å²) in [6.45, 7) is 7.87. The van der Waals surface area contributed by atoms with Gasteiger partial charge in [-0.3, -0.25) is 4.79 Å². The molecule has 0 saturated carbocycles. The molecule has 120 valence electrons. The lowest BCUT2D eigenvalue weighted by molar-refractivity contribution is -0.120. The summed E-state index contributed by atoms with van der Waals surface area (Å²) in [5.74, 6) is 0.0259. The summed E-state index contributed by atoms with van der Waals surface area (Å²) >= 11 is 0. The molecule has 1 rings (SSSR count). The standard InChI is InChI=1S/C16H26N2O2.ClH/c1-12-7-13(2)9-15(8-12)10-14(3)18-16(19)11-17-5-6-20-4;/h7-9,14,17H,5-6,10-11H2,1-4H3,(H,18,19);1H. The van der Waals surface area contributed by atoms with Crippen LogP contribution < -0.4 is 10.6 Å². The molecule has 0 aliphatic heterocycles. The third-order valence-electron chi connectivity index (χ3n) is 3.00. The number of aryl methyl sites for hydroxylation is 2. The zero-order chi connectivity index (χ0) is 15.0. The number of methoxy groups -OCH3 is 1. The normalized spacial score (nSPS) is 11.6. The predicted octanol–water partition coefficient (Wildman–Crippen LogP) is 2.01. The minimum Gasteiger partial charge on any atom is -0.383 e. The summed E-state index contributed by atoms with van der Waals surface area (Å²) in [5, 5.41) is 6.04. The molecule has 1 unspecified atom stereocenters. The number of nitrogens with one attached hydrogen (secondary N) is 2. The van der Waals surface area contributed by atoms with Crippen molar-refractivity contribution in [2.45, 2.75) is 33.2 Å². The van der Waals surface area contributed by atoms with Crippen molar-refractivity contribution in [2.24, 2.45) is 0 Å². The Morgan fingerprint density at radius 3 is 2.43 bits per heavy atom. The van der Waals surface area contributed by atoms with E-state index < -0.39 is 0 Å². The Morgan fingerprint density at radius 1 is 1.24 bits per heavy atom. The molecule has 1 aromatic rings. The highest BCUT2D eigenvalue weighted by Crippen LogP contribution is 2.10. The third-order valence-corrected chi connectivity index (χ3v) is 3.00. The molecule has 0 bridgehead atoms. The second-order valence-corrected chi connectivity index (χ2v) is 5.34. The van der Waals surface area contributed by atoms with Gasteiger partial charge >= 0.3 is 0 Å². The van der Waals surface area contributed by atoms with Gasteiger partial charge in [-0.25, -0.2) is 0 Å². The van der Waals surface area contributed by atoms with Gasteiger partial charge in [-0.05, 0) is 32.8 Å². The highest BCUT2D eigenvalue weighted by atomic mass is 35.5. The highest BCUT2D eigenvalue weighted by Gasteiger charge is 2.08. The maximum absolute atomic E-state index is 11.7. The number of carbonyl (C=O) groups is 1. The first-order valence-electron chi connectivity index (χ1n) is 7.07. The molecule has 0 aliphatic rings. The topological polar surface area (TPSA) is 50.4 Å². The van der Waals surface area contributed by atoms with E-state index >= 15 is 0 Å². The second kappa shape index (κ2) is 10.6. The third kappa shape index (κ3) is 8.71. The van der Waals surface area contributed by atoms with Crippen LogP contribution in [0.5, 0.6) is 0 Å². The van der Waals surface area contributed by atoms with Crippen LogP contribution in [0.2, 0.25) is 0 Å². The molecule has 4 nitrogen and oxygen atoms in total. The molecule has 0 heterocycles. The summed E-state index contributed by atoms with van der Waals surface area (Å²) in [6.07, 6.45) is 0.854. The van der Waals surface area contributed by atoms with Gasteiger partial charge in [0.05, 0.1) is 13.2 Å². The van der Waals surface area contributed by atoms with Crippen LogP contribution in [0.15, 0.2) is 18.2 Å². The first-order chi connectivity index (χ1) is 9.51. The molecule has 2 N–H and O–H groups in total. The van der Waals surface area contributed by atoms with Gasteiger partial charge in [0.1, 0.15) is 0 Å². The monoisotopic (exact) mass is 314 g/mol.